The number of carbonyl (C=O) groups is 1. The second-order valence-electron chi connectivity index (χ2n) is 5.61. The molecule has 0 bridgehead atoms. The van der Waals surface area contributed by atoms with E-state index in [4.69, 9.17) is 0 Å². The zero-order chi connectivity index (χ0) is 13.9. The zero-order valence-corrected chi connectivity index (χ0v) is 11.5. The summed E-state index contributed by atoms with van der Waals surface area (Å²) < 4.78 is 0. The summed E-state index contributed by atoms with van der Waals surface area (Å²) in [6, 6.07) is 1.77. The van der Waals surface area contributed by atoms with E-state index in [1.807, 2.05) is 6.92 Å². The van der Waals surface area contributed by atoms with Crippen molar-refractivity contribution in [3.05, 3.63) is 18.1 Å². The lowest BCUT2D eigenvalue weighted by atomic mass is 9.71. The summed E-state index contributed by atoms with van der Waals surface area (Å²) in [5.74, 6) is 1.32. The highest BCUT2D eigenvalue weighted by molar-refractivity contribution is 5.75. The number of anilines is 1. The molecule has 1 aromatic heterocycles. The van der Waals surface area contributed by atoms with Crippen molar-refractivity contribution in [2.75, 3.05) is 11.9 Å². The molecule has 1 heterocycles. The molecule has 0 unspecified atom stereocenters. The van der Waals surface area contributed by atoms with Crippen LogP contribution in [0, 0.1) is 18.3 Å². The summed E-state index contributed by atoms with van der Waals surface area (Å²) >= 11 is 0. The molecular formula is C14H21N3O2. The van der Waals surface area contributed by atoms with Crippen LogP contribution in [0.4, 0.5) is 5.82 Å². The molecule has 5 heteroatoms. The number of aryl methyl sites for hydroxylation is 1. The fourth-order valence-electron chi connectivity index (χ4n) is 2.60. The molecule has 1 aliphatic rings. The van der Waals surface area contributed by atoms with E-state index in [9.17, 15) is 9.90 Å². The summed E-state index contributed by atoms with van der Waals surface area (Å²) in [5.41, 5.74) is -0.647. The monoisotopic (exact) mass is 263 g/mol. The third-order valence-electron chi connectivity index (χ3n) is 4.07. The fraction of sp³-hybridized carbons (Fsp3) is 0.643. The van der Waals surface area contributed by atoms with E-state index >= 15 is 0 Å². The highest BCUT2D eigenvalue weighted by Gasteiger charge is 2.41. The van der Waals surface area contributed by atoms with Gasteiger partial charge in [-0.05, 0) is 44.6 Å². The van der Waals surface area contributed by atoms with Crippen molar-refractivity contribution in [2.24, 2.45) is 11.3 Å². The van der Waals surface area contributed by atoms with Gasteiger partial charge in [0.05, 0.1) is 5.41 Å². The summed E-state index contributed by atoms with van der Waals surface area (Å²) in [5, 5.41) is 12.7. The van der Waals surface area contributed by atoms with Crippen molar-refractivity contribution >= 4 is 11.8 Å². The van der Waals surface area contributed by atoms with Crippen molar-refractivity contribution in [1.82, 2.24) is 9.97 Å². The quantitative estimate of drug-likeness (QED) is 0.872. The van der Waals surface area contributed by atoms with Crippen molar-refractivity contribution in [3.8, 4) is 0 Å². The molecule has 1 fully saturated rings. The van der Waals surface area contributed by atoms with Crippen LogP contribution in [-0.4, -0.2) is 27.6 Å². The molecule has 0 saturated heterocycles. The molecular weight excluding hydrogens is 242 g/mol. The van der Waals surface area contributed by atoms with Gasteiger partial charge in [0.15, 0.2) is 0 Å². The lowest BCUT2D eigenvalue weighted by molar-refractivity contribution is -0.150. The molecule has 0 aromatic carbocycles. The average Bonchev–Trinajstić information content (AvgIpc) is 2.38. The van der Waals surface area contributed by atoms with E-state index in [0.717, 1.165) is 25.7 Å². The van der Waals surface area contributed by atoms with E-state index in [-0.39, 0.29) is 0 Å². The lowest BCUT2D eigenvalue weighted by Crippen LogP contribution is -2.41. The molecule has 5 nitrogen and oxygen atoms in total. The van der Waals surface area contributed by atoms with E-state index in [0.29, 0.717) is 24.1 Å². The largest absolute Gasteiger partial charge is 0.481 e. The Bertz CT molecular complexity index is 454. The molecule has 0 radical (unpaired) electrons. The Morgan fingerprint density at radius 3 is 2.79 bits per heavy atom. The molecule has 104 valence electrons. The van der Waals surface area contributed by atoms with Gasteiger partial charge in [-0.15, -0.1) is 0 Å². The normalized spacial score (nSPS) is 26.9. The van der Waals surface area contributed by atoms with Crippen molar-refractivity contribution in [1.29, 1.82) is 0 Å². The van der Waals surface area contributed by atoms with Gasteiger partial charge in [0.1, 0.15) is 11.6 Å². The highest BCUT2D eigenvalue weighted by Crippen LogP contribution is 2.39. The molecule has 0 atom stereocenters. The molecule has 0 amide bonds. The zero-order valence-electron chi connectivity index (χ0n) is 11.5. The number of aliphatic carboxylic acids is 1. The SMILES string of the molecule is Cc1nccc(NCC2(C(=O)O)CCC(C)CC2)n1. The molecule has 2 N–H and O–H groups in total. The Hall–Kier alpha value is -1.65. The summed E-state index contributed by atoms with van der Waals surface area (Å²) in [4.78, 5) is 19.9. The van der Waals surface area contributed by atoms with Crippen molar-refractivity contribution in [3.63, 3.8) is 0 Å². The van der Waals surface area contributed by atoms with Gasteiger partial charge in [0, 0.05) is 12.7 Å². The number of hydrogen-bond donors (Lipinski definition) is 2. The first-order valence-electron chi connectivity index (χ1n) is 6.79. The van der Waals surface area contributed by atoms with Crippen LogP contribution >= 0.6 is 0 Å². The van der Waals surface area contributed by atoms with Gasteiger partial charge in [-0.3, -0.25) is 4.79 Å². The first-order valence-corrected chi connectivity index (χ1v) is 6.79. The first-order chi connectivity index (χ1) is 9.02. The minimum Gasteiger partial charge on any atom is -0.481 e. The predicted molar refractivity (Wildman–Crippen MR) is 73.0 cm³/mol. The van der Waals surface area contributed by atoms with E-state index < -0.39 is 11.4 Å². The summed E-state index contributed by atoms with van der Waals surface area (Å²) in [6.45, 7) is 4.44. The summed E-state index contributed by atoms with van der Waals surface area (Å²) in [7, 11) is 0. The average molecular weight is 263 g/mol. The number of nitrogens with one attached hydrogen (secondary N) is 1. The maximum Gasteiger partial charge on any atom is 0.311 e. The smallest absolute Gasteiger partial charge is 0.311 e. The Labute approximate surface area is 113 Å². The molecule has 1 aliphatic carbocycles. The topological polar surface area (TPSA) is 75.1 Å². The Kier molecular flexibility index (Phi) is 4.02. The number of aromatic nitrogens is 2. The fourth-order valence-corrected chi connectivity index (χ4v) is 2.60. The van der Waals surface area contributed by atoms with Crippen LogP contribution < -0.4 is 5.32 Å². The van der Waals surface area contributed by atoms with E-state index in [1.54, 1.807) is 12.3 Å². The van der Waals surface area contributed by atoms with Crippen molar-refractivity contribution in [2.45, 2.75) is 39.5 Å². The van der Waals surface area contributed by atoms with Gasteiger partial charge in [0.25, 0.3) is 0 Å². The van der Waals surface area contributed by atoms with Crippen LogP contribution in [0.1, 0.15) is 38.4 Å². The summed E-state index contributed by atoms with van der Waals surface area (Å²) in [6.07, 6.45) is 5.12. The van der Waals surface area contributed by atoms with Gasteiger partial charge < -0.3 is 10.4 Å². The number of hydrogen-bond acceptors (Lipinski definition) is 4. The van der Waals surface area contributed by atoms with Gasteiger partial charge in [-0.25, -0.2) is 9.97 Å². The van der Waals surface area contributed by atoms with Crippen LogP contribution in [0.25, 0.3) is 0 Å². The molecule has 19 heavy (non-hydrogen) atoms. The van der Waals surface area contributed by atoms with Crippen LogP contribution in [0.5, 0.6) is 0 Å². The van der Waals surface area contributed by atoms with Gasteiger partial charge in [-0.1, -0.05) is 6.92 Å². The molecule has 0 aliphatic heterocycles. The maximum atomic E-state index is 11.6. The number of carboxylic acids is 1. The Balaban J connectivity index is 2.04. The number of carboxylic acid groups (broad SMARTS) is 1. The minimum atomic E-state index is -0.697. The standard InChI is InChI=1S/C14H21N3O2/c1-10-3-6-14(7-4-10,13(18)19)9-16-12-5-8-15-11(2)17-12/h5,8,10H,3-4,6-7,9H2,1-2H3,(H,18,19)(H,15,16,17). The van der Waals surface area contributed by atoms with E-state index in [2.05, 4.69) is 22.2 Å². The van der Waals surface area contributed by atoms with Gasteiger partial charge in [-0.2, -0.15) is 0 Å². The molecule has 2 rings (SSSR count). The predicted octanol–water partition coefficient (Wildman–Crippen LogP) is 2.48. The van der Waals surface area contributed by atoms with Crippen LogP contribution in [0.3, 0.4) is 0 Å². The first kappa shape index (κ1) is 13.8. The number of nitrogens with zero attached hydrogens (tertiary/aromatic N) is 2. The molecule has 1 saturated carbocycles. The van der Waals surface area contributed by atoms with Gasteiger partial charge >= 0.3 is 5.97 Å². The van der Waals surface area contributed by atoms with Crippen molar-refractivity contribution < 1.29 is 9.90 Å². The Morgan fingerprint density at radius 2 is 2.21 bits per heavy atom. The lowest BCUT2D eigenvalue weighted by Gasteiger charge is -2.35. The van der Waals surface area contributed by atoms with Gasteiger partial charge in [0.2, 0.25) is 0 Å². The molecule has 1 aromatic rings. The minimum absolute atomic E-state index is 0.436. The van der Waals surface area contributed by atoms with Crippen LogP contribution in [-0.2, 0) is 4.79 Å². The second-order valence-corrected chi connectivity index (χ2v) is 5.61. The third kappa shape index (κ3) is 3.22. The highest BCUT2D eigenvalue weighted by atomic mass is 16.4. The second kappa shape index (κ2) is 5.55. The Morgan fingerprint density at radius 1 is 1.53 bits per heavy atom. The van der Waals surface area contributed by atoms with Crippen LogP contribution in [0.2, 0.25) is 0 Å². The van der Waals surface area contributed by atoms with Crippen LogP contribution in [0.15, 0.2) is 12.3 Å². The number of rotatable bonds is 4. The van der Waals surface area contributed by atoms with E-state index in [1.165, 1.54) is 0 Å². The maximum absolute atomic E-state index is 11.6. The molecule has 0 spiro atoms. The third-order valence-corrected chi connectivity index (χ3v) is 4.07.